The molecule has 20 heavy (non-hydrogen) atoms. The molecule has 0 unspecified atom stereocenters. The summed E-state index contributed by atoms with van der Waals surface area (Å²) < 4.78 is 26.2. The van der Waals surface area contributed by atoms with Crippen molar-refractivity contribution in [1.29, 1.82) is 0 Å². The summed E-state index contributed by atoms with van der Waals surface area (Å²) in [5, 5.41) is 16.2. The Hall–Kier alpha value is -1.93. The predicted octanol–water partition coefficient (Wildman–Crippen LogP) is 0.719. The van der Waals surface area contributed by atoms with E-state index in [2.05, 4.69) is 10.2 Å². The maximum absolute atomic E-state index is 12.6. The molecular weight excluding hydrogens is 282 g/mol. The third-order valence-corrected chi connectivity index (χ3v) is 5.43. The third-order valence-electron chi connectivity index (χ3n) is 3.50. The smallest absolute Gasteiger partial charge is 0.322 e. The first-order valence-corrected chi connectivity index (χ1v) is 7.53. The van der Waals surface area contributed by atoms with Crippen molar-refractivity contribution < 1.29 is 18.3 Å². The fourth-order valence-electron chi connectivity index (χ4n) is 2.40. The molecule has 0 bridgehead atoms. The largest absolute Gasteiger partial charge is 0.480 e. The van der Waals surface area contributed by atoms with Crippen LogP contribution in [0.15, 0.2) is 23.2 Å². The molecule has 1 aliphatic rings. The maximum atomic E-state index is 12.6. The van der Waals surface area contributed by atoms with Gasteiger partial charge in [-0.3, -0.25) is 9.89 Å². The molecule has 2 N–H and O–H groups in total. The van der Waals surface area contributed by atoms with E-state index in [1.54, 1.807) is 13.1 Å². The highest BCUT2D eigenvalue weighted by Crippen LogP contribution is 2.31. The molecule has 8 heteroatoms. The van der Waals surface area contributed by atoms with Crippen LogP contribution in [0.2, 0.25) is 0 Å². The van der Waals surface area contributed by atoms with Crippen molar-refractivity contribution in [3.05, 3.63) is 23.9 Å². The van der Waals surface area contributed by atoms with Gasteiger partial charge in [-0.25, -0.2) is 8.42 Å². The van der Waals surface area contributed by atoms with Crippen molar-refractivity contribution in [2.24, 2.45) is 0 Å². The van der Waals surface area contributed by atoms with Crippen LogP contribution in [0.5, 0.6) is 0 Å². The number of H-pyrrole nitrogens is 1. The van der Waals surface area contributed by atoms with Crippen molar-refractivity contribution in [2.75, 3.05) is 6.54 Å². The zero-order valence-electron chi connectivity index (χ0n) is 10.7. The first kappa shape index (κ1) is 13.1. The van der Waals surface area contributed by atoms with Gasteiger partial charge in [-0.05, 0) is 31.0 Å². The number of hydrogen-bond donors (Lipinski definition) is 2. The second-order valence-electron chi connectivity index (χ2n) is 4.86. The number of aryl methyl sites for hydroxylation is 1. The van der Waals surface area contributed by atoms with Gasteiger partial charge < -0.3 is 5.11 Å². The number of rotatable bonds is 3. The van der Waals surface area contributed by atoms with Gasteiger partial charge in [0.2, 0.25) is 10.0 Å². The molecule has 1 fully saturated rings. The number of carboxylic acid groups (broad SMARTS) is 1. The molecule has 0 saturated carbocycles. The van der Waals surface area contributed by atoms with Crippen molar-refractivity contribution in [1.82, 2.24) is 14.5 Å². The van der Waals surface area contributed by atoms with Crippen LogP contribution in [0, 0.1) is 6.92 Å². The van der Waals surface area contributed by atoms with E-state index >= 15 is 0 Å². The molecule has 0 amide bonds. The molecule has 1 atom stereocenters. The standard InChI is InChI=1S/C12H13N3O4S/c1-7-4-8-6-13-14-11(8)10(5-7)20(18,19)15-3-2-9(15)12(16)17/h4-6,9H,2-3H2,1H3,(H,13,14)(H,16,17)/t9-/m0/s1. The maximum Gasteiger partial charge on any atom is 0.322 e. The number of sulfonamides is 1. The number of benzene rings is 1. The molecule has 3 rings (SSSR count). The van der Waals surface area contributed by atoms with Gasteiger partial charge in [0.1, 0.15) is 10.9 Å². The minimum atomic E-state index is -3.83. The molecule has 0 spiro atoms. The Morgan fingerprint density at radius 2 is 2.25 bits per heavy atom. The van der Waals surface area contributed by atoms with Crippen molar-refractivity contribution in [3.63, 3.8) is 0 Å². The molecular formula is C12H13N3O4S. The average Bonchev–Trinajstić information content (AvgIpc) is 2.72. The van der Waals surface area contributed by atoms with E-state index in [-0.39, 0.29) is 11.4 Å². The average molecular weight is 295 g/mol. The lowest BCUT2D eigenvalue weighted by molar-refractivity contribution is -0.144. The van der Waals surface area contributed by atoms with Gasteiger partial charge in [0, 0.05) is 11.9 Å². The second kappa shape index (κ2) is 4.29. The Kier molecular flexibility index (Phi) is 2.80. The lowest BCUT2D eigenvalue weighted by Crippen LogP contribution is -2.54. The van der Waals surface area contributed by atoms with Crippen molar-refractivity contribution in [2.45, 2.75) is 24.3 Å². The van der Waals surface area contributed by atoms with Gasteiger partial charge in [0.15, 0.2) is 0 Å². The fraction of sp³-hybridized carbons (Fsp3) is 0.333. The van der Waals surface area contributed by atoms with Crippen LogP contribution in [0.25, 0.3) is 10.9 Å². The van der Waals surface area contributed by atoms with E-state index in [4.69, 9.17) is 5.11 Å². The van der Waals surface area contributed by atoms with E-state index in [9.17, 15) is 13.2 Å². The lowest BCUT2D eigenvalue weighted by atomic mass is 10.1. The number of hydrogen-bond acceptors (Lipinski definition) is 4. The lowest BCUT2D eigenvalue weighted by Gasteiger charge is -2.36. The Morgan fingerprint density at radius 3 is 2.85 bits per heavy atom. The molecule has 1 aliphatic heterocycles. The molecule has 1 aromatic carbocycles. The number of aromatic nitrogens is 2. The first-order chi connectivity index (χ1) is 9.41. The number of nitrogens with zero attached hydrogens (tertiary/aromatic N) is 2. The summed E-state index contributed by atoms with van der Waals surface area (Å²) in [4.78, 5) is 11.1. The van der Waals surface area contributed by atoms with Crippen LogP contribution in [0.1, 0.15) is 12.0 Å². The highest BCUT2D eigenvalue weighted by atomic mass is 32.2. The summed E-state index contributed by atoms with van der Waals surface area (Å²) >= 11 is 0. The van der Waals surface area contributed by atoms with Gasteiger partial charge in [0.25, 0.3) is 0 Å². The Balaban J connectivity index is 2.14. The highest BCUT2D eigenvalue weighted by molar-refractivity contribution is 7.89. The SMILES string of the molecule is Cc1cc(S(=O)(=O)N2CC[C@H]2C(=O)O)c2[nH]ncc2c1. The zero-order valence-corrected chi connectivity index (χ0v) is 11.5. The quantitative estimate of drug-likeness (QED) is 0.868. The van der Waals surface area contributed by atoms with Gasteiger partial charge in [-0.15, -0.1) is 0 Å². The minimum Gasteiger partial charge on any atom is -0.480 e. The number of aromatic amines is 1. The van der Waals surface area contributed by atoms with Crippen molar-refractivity contribution >= 4 is 26.9 Å². The monoisotopic (exact) mass is 295 g/mol. The number of nitrogens with one attached hydrogen (secondary N) is 1. The molecule has 0 radical (unpaired) electrons. The molecule has 7 nitrogen and oxygen atoms in total. The van der Waals surface area contributed by atoms with E-state index in [0.29, 0.717) is 17.3 Å². The Labute approximate surface area is 115 Å². The summed E-state index contributed by atoms with van der Waals surface area (Å²) in [7, 11) is -3.83. The molecule has 1 saturated heterocycles. The molecule has 0 aliphatic carbocycles. The summed E-state index contributed by atoms with van der Waals surface area (Å²) in [5.41, 5.74) is 1.19. The second-order valence-corrected chi connectivity index (χ2v) is 6.71. The number of aliphatic carboxylic acids is 1. The summed E-state index contributed by atoms with van der Waals surface area (Å²) in [5.74, 6) is -1.12. The Morgan fingerprint density at radius 1 is 1.50 bits per heavy atom. The van der Waals surface area contributed by atoms with Gasteiger partial charge in [-0.1, -0.05) is 0 Å². The third kappa shape index (κ3) is 1.80. The van der Waals surface area contributed by atoms with Crippen LogP contribution in [-0.4, -0.2) is 46.6 Å². The van der Waals surface area contributed by atoms with E-state index in [1.807, 2.05) is 6.07 Å². The molecule has 2 heterocycles. The topological polar surface area (TPSA) is 103 Å². The first-order valence-electron chi connectivity index (χ1n) is 6.09. The van der Waals surface area contributed by atoms with Gasteiger partial charge in [0.05, 0.1) is 11.7 Å². The summed E-state index contributed by atoms with van der Waals surface area (Å²) in [6, 6.07) is 2.38. The molecule has 1 aromatic heterocycles. The predicted molar refractivity (Wildman–Crippen MR) is 70.8 cm³/mol. The number of carboxylic acids is 1. The Bertz CT molecular complexity index is 796. The van der Waals surface area contributed by atoms with Crippen LogP contribution < -0.4 is 0 Å². The minimum absolute atomic E-state index is 0.0796. The zero-order chi connectivity index (χ0) is 14.5. The van der Waals surface area contributed by atoms with E-state index in [1.165, 1.54) is 6.07 Å². The van der Waals surface area contributed by atoms with Crippen LogP contribution in [0.4, 0.5) is 0 Å². The number of fused-ring (bicyclic) bond motifs is 1. The van der Waals surface area contributed by atoms with Crippen molar-refractivity contribution in [3.8, 4) is 0 Å². The van der Waals surface area contributed by atoms with Crippen LogP contribution in [-0.2, 0) is 14.8 Å². The van der Waals surface area contributed by atoms with Crippen LogP contribution in [0.3, 0.4) is 0 Å². The molecule has 2 aromatic rings. The van der Waals surface area contributed by atoms with E-state index < -0.39 is 22.0 Å². The van der Waals surface area contributed by atoms with Gasteiger partial charge in [-0.2, -0.15) is 9.40 Å². The number of carbonyl (C=O) groups is 1. The molecule has 106 valence electrons. The summed E-state index contributed by atoms with van der Waals surface area (Å²) in [6.07, 6.45) is 1.89. The summed E-state index contributed by atoms with van der Waals surface area (Å²) in [6.45, 7) is 2.01. The van der Waals surface area contributed by atoms with Crippen LogP contribution >= 0.6 is 0 Å². The van der Waals surface area contributed by atoms with E-state index in [0.717, 1.165) is 9.87 Å². The normalized spacial score (nSPS) is 19.9. The van der Waals surface area contributed by atoms with Gasteiger partial charge >= 0.3 is 5.97 Å². The fourth-order valence-corrected chi connectivity index (χ4v) is 4.28. The highest BCUT2D eigenvalue weighted by Gasteiger charge is 2.43.